The molecule has 0 spiro atoms. The summed E-state index contributed by atoms with van der Waals surface area (Å²) in [6.07, 6.45) is 7.42. The normalized spacial score (nSPS) is 23.0. The summed E-state index contributed by atoms with van der Waals surface area (Å²) in [6, 6.07) is 10.4. The number of hydrogen-bond acceptors (Lipinski definition) is 5. The van der Waals surface area contributed by atoms with Crippen LogP contribution in [0.4, 0.5) is 22.9 Å². The fraction of sp³-hybridized carbons (Fsp3) is 0.520. The third-order valence-corrected chi connectivity index (χ3v) is 7.02. The number of hydrogen-bond donors (Lipinski definition) is 1. The summed E-state index contributed by atoms with van der Waals surface area (Å²) in [6.45, 7) is 6.03. The molecule has 3 aliphatic rings. The van der Waals surface area contributed by atoms with Gasteiger partial charge in [-0.25, -0.2) is 4.98 Å². The number of morpholine rings is 1. The van der Waals surface area contributed by atoms with Gasteiger partial charge in [0.15, 0.2) is 0 Å². The molecular weight excluding hydrogens is 388 g/mol. The van der Waals surface area contributed by atoms with Gasteiger partial charge in [-0.3, -0.25) is 4.79 Å². The molecule has 6 heteroatoms. The molecule has 5 rings (SSSR count). The Morgan fingerprint density at radius 3 is 2.97 bits per heavy atom. The Hall–Kier alpha value is -2.60. The second-order valence-electron chi connectivity index (χ2n) is 8.95. The van der Waals surface area contributed by atoms with Crippen molar-refractivity contribution in [3.05, 3.63) is 42.1 Å². The van der Waals surface area contributed by atoms with Crippen molar-refractivity contribution in [2.45, 2.75) is 45.6 Å². The number of benzene rings is 1. The molecule has 2 aliphatic heterocycles. The zero-order chi connectivity index (χ0) is 21.2. The smallest absolute Gasteiger partial charge is 0.230 e. The van der Waals surface area contributed by atoms with E-state index >= 15 is 0 Å². The molecule has 166 valence electrons. The van der Waals surface area contributed by atoms with Crippen LogP contribution in [0.15, 0.2) is 36.5 Å². The van der Waals surface area contributed by atoms with E-state index in [1.807, 2.05) is 11.0 Å². The van der Waals surface area contributed by atoms with Gasteiger partial charge in [-0.2, -0.15) is 0 Å². The Balaban J connectivity index is 0.00000245. The van der Waals surface area contributed by atoms with Gasteiger partial charge in [-0.05, 0) is 49.4 Å². The van der Waals surface area contributed by atoms with E-state index in [0.29, 0.717) is 12.5 Å². The van der Waals surface area contributed by atoms with Crippen molar-refractivity contribution in [3.63, 3.8) is 0 Å². The van der Waals surface area contributed by atoms with E-state index in [1.54, 1.807) is 6.20 Å². The number of fused-ring (bicyclic) bond motifs is 2. The van der Waals surface area contributed by atoms with Gasteiger partial charge in [0.25, 0.3) is 0 Å². The van der Waals surface area contributed by atoms with E-state index in [-0.39, 0.29) is 13.3 Å². The molecule has 1 aromatic heterocycles. The quantitative estimate of drug-likeness (QED) is 0.754. The fourth-order valence-corrected chi connectivity index (χ4v) is 5.40. The van der Waals surface area contributed by atoms with Crippen LogP contribution in [0, 0.1) is 11.8 Å². The summed E-state index contributed by atoms with van der Waals surface area (Å²) in [4.78, 5) is 22.9. The molecule has 0 radical (unpaired) electrons. The summed E-state index contributed by atoms with van der Waals surface area (Å²) < 4.78 is 5.53. The van der Waals surface area contributed by atoms with Crippen LogP contribution >= 0.6 is 0 Å². The average molecular weight is 423 g/mol. The van der Waals surface area contributed by atoms with Crippen molar-refractivity contribution in [2.75, 3.05) is 41.4 Å². The lowest BCUT2D eigenvalue weighted by Gasteiger charge is -2.32. The van der Waals surface area contributed by atoms with Gasteiger partial charge in [-0.15, -0.1) is 0 Å². The van der Waals surface area contributed by atoms with Crippen LogP contribution < -0.4 is 15.1 Å². The molecule has 1 saturated carbocycles. The van der Waals surface area contributed by atoms with E-state index in [0.717, 1.165) is 80.4 Å². The van der Waals surface area contributed by atoms with Crippen LogP contribution in [0.3, 0.4) is 0 Å². The number of nitrogens with one attached hydrogen (secondary N) is 1. The lowest BCUT2D eigenvalue weighted by atomic mass is 9.90. The Bertz CT molecular complexity index is 947. The average Bonchev–Trinajstić information content (AvgIpc) is 3.20. The van der Waals surface area contributed by atoms with Crippen LogP contribution in [0.1, 0.15) is 46.0 Å². The molecule has 1 N–H and O–H groups in total. The number of carbonyl (C=O) groups is 1. The number of anilines is 4. The van der Waals surface area contributed by atoms with Crippen molar-refractivity contribution in [2.24, 2.45) is 11.8 Å². The number of aromatic nitrogens is 1. The van der Waals surface area contributed by atoms with Crippen molar-refractivity contribution in [1.82, 2.24) is 4.98 Å². The highest BCUT2D eigenvalue weighted by Crippen LogP contribution is 2.42. The molecule has 2 fully saturated rings. The van der Waals surface area contributed by atoms with E-state index in [4.69, 9.17) is 4.74 Å². The lowest BCUT2D eigenvalue weighted by Crippen LogP contribution is -2.38. The number of ether oxygens (including phenoxy) is 1. The predicted octanol–water partition coefficient (Wildman–Crippen LogP) is 4.97. The van der Waals surface area contributed by atoms with Gasteiger partial charge >= 0.3 is 0 Å². The molecular formula is C25H34N4O2. The monoisotopic (exact) mass is 422 g/mol. The van der Waals surface area contributed by atoms with Crippen LogP contribution in [-0.4, -0.2) is 37.2 Å². The molecule has 1 saturated heterocycles. The fourth-order valence-electron chi connectivity index (χ4n) is 5.40. The van der Waals surface area contributed by atoms with Crippen LogP contribution in [0.5, 0.6) is 0 Å². The highest BCUT2D eigenvalue weighted by molar-refractivity contribution is 6.00. The molecule has 1 aromatic carbocycles. The number of rotatable bonds is 4. The van der Waals surface area contributed by atoms with Crippen molar-refractivity contribution < 1.29 is 11.0 Å². The minimum absolute atomic E-state index is 0. The maximum atomic E-state index is 13.9. The predicted molar refractivity (Wildman–Crippen MR) is 126 cm³/mol. The molecule has 1 aliphatic carbocycles. The number of pyridine rings is 1. The Kier molecular flexibility index (Phi) is 5.81. The minimum atomic E-state index is 0. The molecule has 31 heavy (non-hydrogen) atoms. The minimum Gasteiger partial charge on any atom is -0.378 e. The highest BCUT2D eigenvalue weighted by Gasteiger charge is 2.37. The summed E-state index contributed by atoms with van der Waals surface area (Å²) in [5.74, 6) is 1.75. The zero-order valence-electron chi connectivity index (χ0n) is 18.3. The number of nitrogens with zero attached hydrogens (tertiary/aromatic N) is 3. The molecule has 1 amide bonds. The molecule has 0 bridgehead atoms. The van der Waals surface area contributed by atoms with Crippen molar-refractivity contribution in [3.8, 4) is 0 Å². The maximum Gasteiger partial charge on any atom is 0.230 e. The summed E-state index contributed by atoms with van der Waals surface area (Å²) in [5, 5.41) is 3.50. The first-order valence-corrected chi connectivity index (χ1v) is 11.7. The first kappa shape index (κ1) is 20.3. The first-order chi connectivity index (χ1) is 15.2. The van der Waals surface area contributed by atoms with E-state index in [2.05, 4.69) is 46.4 Å². The standard InChI is InChI=1S/C25H32N4O2.H2/c1-2-5-18-6-3-8-21(18)25(30)29-17-19-7-4-11-26-24(19)27-22-10-9-20(16-23(22)29)28-12-14-31-15-13-28;/h4,7,9-11,16,18,21H,2-3,5-6,8,12-15,17H2,1H3,(H,26,27);1H/t18-,21+;/m0./s1. The SMILES string of the molecule is CCC[C@H]1CCC[C@H]1C(=O)N1Cc2cccnc2Nc2ccc(N3CCOCC3)cc21.[HH]. The highest BCUT2D eigenvalue weighted by atomic mass is 16.5. The molecule has 0 unspecified atom stereocenters. The Morgan fingerprint density at radius 1 is 1.26 bits per heavy atom. The summed E-state index contributed by atoms with van der Waals surface area (Å²) >= 11 is 0. The van der Waals surface area contributed by atoms with Gasteiger partial charge < -0.3 is 19.9 Å². The zero-order valence-corrected chi connectivity index (χ0v) is 18.3. The largest absolute Gasteiger partial charge is 0.378 e. The van der Waals surface area contributed by atoms with Gasteiger partial charge in [-0.1, -0.05) is 25.8 Å². The van der Waals surface area contributed by atoms with Gasteiger partial charge in [0.1, 0.15) is 5.82 Å². The number of carbonyl (C=O) groups excluding carboxylic acids is 1. The lowest BCUT2D eigenvalue weighted by molar-refractivity contribution is -0.123. The summed E-state index contributed by atoms with van der Waals surface area (Å²) in [7, 11) is 0. The second-order valence-corrected chi connectivity index (χ2v) is 8.95. The van der Waals surface area contributed by atoms with E-state index < -0.39 is 0 Å². The summed E-state index contributed by atoms with van der Waals surface area (Å²) in [5.41, 5.74) is 4.13. The van der Waals surface area contributed by atoms with Crippen LogP contribution in [-0.2, 0) is 16.1 Å². The van der Waals surface area contributed by atoms with Gasteiger partial charge in [0.05, 0.1) is 31.1 Å². The second kappa shape index (κ2) is 8.87. The van der Waals surface area contributed by atoms with E-state index in [9.17, 15) is 4.79 Å². The molecule has 3 heterocycles. The molecule has 2 aromatic rings. The van der Waals surface area contributed by atoms with Gasteiger partial charge in [0, 0.05) is 37.9 Å². The van der Waals surface area contributed by atoms with Crippen molar-refractivity contribution >= 4 is 28.8 Å². The first-order valence-electron chi connectivity index (χ1n) is 11.7. The molecule has 6 nitrogen and oxygen atoms in total. The third-order valence-electron chi connectivity index (χ3n) is 7.02. The van der Waals surface area contributed by atoms with E-state index in [1.165, 1.54) is 6.42 Å². The molecule has 2 atom stereocenters. The third kappa shape index (κ3) is 4.01. The van der Waals surface area contributed by atoms with Crippen LogP contribution in [0.2, 0.25) is 0 Å². The Morgan fingerprint density at radius 2 is 2.13 bits per heavy atom. The maximum absolute atomic E-state index is 13.9. The Labute approximate surface area is 186 Å². The topological polar surface area (TPSA) is 57.7 Å². The van der Waals surface area contributed by atoms with Crippen LogP contribution in [0.25, 0.3) is 0 Å². The number of amides is 1. The van der Waals surface area contributed by atoms with Gasteiger partial charge in [0.2, 0.25) is 5.91 Å². The van der Waals surface area contributed by atoms with Crippen molar-refractivity contribution in [1.29, 1.82) is 0 Å².